The standard InChI is InChI=1S/C21H20ClF3N4O4/c1-10-18(30)29(20(32)33-10)13-4-6-27(7-5-13)19(31)15-16(22)28-9-12(11-2-3-11)8-14(17(28)26-15)21(23,24)25/h8-9,11,13,30H,2-7H2,1H3. The van der Waals surface area contributed by atoms with E-state index in [0.717, 1.165) is 27.9 Å². The highest BCUT2D eigenvalue weighted by Gasteiger charge is 2.38. The van der Waals surface area contributed by atoms with Crippen molar-refractivity contribution >= 4 is 23.2 Å². The van der Waals surface area contributed by atoms with Crippen molar-refractivity contribution < 1.29 is 27.5 Å². The molecule has 1 amide bonds. The van der Waals surface area contributed by atoms with Crippen LogP contribution in [0.1, 0.15) is 65.0 Å². The van der Waals surface area contributed by atoms with E-state index in [1.165, 1.54) is 18.0 Å². The Morgan fingerprint density at radius 3 is 2.45 bits per heavy atom. The second kappa shape index (κ2) is 7.54. The molecule has 12 heteroatoms. The lowest BCUT2D eigenvalue weighted by Crippen LogP contribution is -2.40. The number of piperidine rings is 1. The molecule has 1 aliphatic carbocycles. The smallest absolute Gasteiger partial charge is 0.422 e. The summed E-state index contributed by atoms with van der Waals surface area (Å²) in [5.41, 5.74) is -1.04. The van der Waals surface area contributed by atoms with Crippen LogP contribution < -0.4 is 5.76 Å². The van der Waals surface area contributed by atoms with Gasteiger partial charge in [-0.1, -0.05) is 11.6 Å². The summed E-state index contributed by atoms with van der Waals surface area (Å²) in [6, 6.07) is 0.723. The number of halogens is 4. The molecule has 0 aromatic carbocycles. The Balaban J connectivity index is 1.43. The number of aromatic hydroxyl groups is 1. The van der Waals surface area contributed by atoms with Gasteiger partial charge in [-0.15, -0.1) is 0 Å². The highest BCUT2D eigenvalue weighted by atomic mass is 35.5. The highest BCUT2D eigenvalue weighted by Crippen LogP contribution is 2.43. The fraction of sp³-hybridized carbons (Fsp3) is 0.476. The number of amides is 1. The zero-order valence-corrected chi connectivity index (χ0v) is 18.3. The number of carbonyl (C=O) groups excluding carboxylic acids is 1. The lowest BCUT2D eigenvalue weighted by atomic mass is 10.0. The molecule has 1 saturated carbocycles. The molecule has 1 N–H and O–H groups in total. The molecule has 0 spiro atoms. The quantitative estimate of drug-likeness (QED) is 0.603. The molecule has 3 aromatic heterocycles. The maximum absolute atomic E-state index is 13.7. The van der Waals surface area contributed by atoms with E-state index in [1.807, 2.05) is 0 Å². The van der Waals surface area contributed by atoms with Crippen molar-refractivity contribution in [3.8, 4) is 5.88 Å². The van der Waals surface area contributed by atoms with Gasteiger partial charge in [-0.25, -0.2) is 14.3 Å². The van der Waals surface area contributed by atoms with Crippen LogP contribution in [0.4, 0.5) is 13.2 Å². The molecule has 0 atom stereocenters. The van der Waals surface area contributed by atoms with Crippen molar-refractivity contribution in [2.75, 3.05) is 13.1 Å². The number of nitrogens with zero attached hydrogens (tertiary/aromatic N) is 4. The van der Waals surface area contributed by atoms with Crippen LogP contribution in [0, 0.1) is 6.92 Å². The van der Waals surface area contributed by atoms with Crippen LogP contribution in [0.2, 0.25) is 5.15 Å². The number of aryl methyl sites for hydroxylation is 1. The molecule has 0 unspecified atom stereocenters. The van der Waals surface area contributed by atoms with Gasteiger partial charge in [-0.3, -0.25) is 9.20 Å². The maximum atomic E-state index is 13.7. The molecule has 1 saturated heterocycles. The molecular formula is C21H20ClF3N4O4. The van der Waals surface area contributed by atoms with Crippen molar-refractivity contribution in [3.05, 3.63) is 50.5 Å². The van der Waals surface area contributed by atoms with Gasteiger partial charge in [-0.2, -0.15) is 13.2 Å². The Hall–Kier alpha value is -2.95. The van der Waals surface area contributed by atoms with Crippen LogP contribution in [-0.4, -0.2) is 43.0 Å². The first-order valence-electron chi connectivity index (χ1n) is 10.5. The van der Waals surface area contributed by atoms with Crippen LogP contribution in [-0.2, 0) is 6.18 Å². The minimum Gasteiger partial charge on any atom is -0.492 e. The number of imidazole rings is 1. The molecule has 1 aliphatic heterocycles. The Kier molecular flexibility index (Phi) is 5.00. The zero-order valence-electron chi connectivity index (χ0n) is 17.5. The summed E-state index contributed by atoms with van der Waals surface area (Å²) in [5.74, 6) is -1.34. The highest BCUT2D eigenvalue weighted by molar-refractivity contribution is 6.33. The summed E-state index contributed by atoms with van der Waals surface area (Å²) in [6.45, 7) is 1.90. The van der Waals surface area contributed by atoms with E-state index in [-0.39, 0.29) is 47.5 Å². The molecule has 2 aliphatic rings. The van der Waals surface area contributed by atoms with Gasteiger partial charge in [0, 0.05) is 25.3 Å². The monoisotopic (exact) mass is 484 g/mol. The molecule has 4 heterocycles. The second-order valence-corrected chi connectivity index (χ2v) is 8.90. The third-order valence-electron chi connectivity index (χ3n) is 6.34. The van der Waals surface area contributed by atoms with E-state index in [1.54, 1.807) is 0 Å². The second-order valence-electron chi connectivity index (χ2n) is 8.55. The van der Waals surface area contributed by atoms with Crippen LogP contribution in [0.3, 0.4) is 0 Å². The first-order valence-corrected chi connectivity index (χ1v) is 10.9. The van der Waals surface area contributed by atoms with Crippen LogP contribution in [0.25, 0.3) is 5.65 Å². The lowest BCUT2D eigenvalue weighted by molar-refractivity contribution is -0.136. The van der Waals surface area contributed by atoms with Crippen LogP contribution in [0.5, 0.6) is 5.88 Å². The number of hydrogen-bond donors (Lipinski definition) is 1. The number of carbonyl (C=O) groups is 1. The summed E-state index contributed by atoms with van der Waals surface area (Å²) in [6.07, 6.45) is -0.796. The number of aromatic nitrogens is 3. The average Bonchev–Trinajstić information content (AvgIpc) is 3.51. The van der Waals surface area contributed by atoms with Gasteiger partial charge < -0.3 is 14.4 Å². The Bertz CT molecular complexity index is 1310. The van der Waals surface area contributed by atoms with E-state index in [0.29, 0.717) is 18.4 Å². The van der Waals surface area contributed by atoms with Crippen molar-refractivity contribution in [2.24, 2.45) is 0 Å². The number of likely N-dealkylation sites (tertiary alicyclic amines) is 1. The van der Waals surface area contributed by atoms with E-state index in [9.17, 15) is 27.9 Å². The van der Waals surface area contributed by atoms with Gasteiger partial charge in [0.15, 0.2) is 17.1 Å². The first-order chi connectivity index (χ1) is 15.6. The zero-order chi connectivity index (χ0) is 23.7. The molecule has 33 heavy (non-hydrogen) atoms. The Morgan fingerprint density at radius 1 is 1.24 bits per heavy atom. The summed E-state index contributed by atoms with van der Waals surface area (Å²) in [5, 5.41) is 9.90. The SMILES string of the molecule is Cc1oc(=O)n(C2CCN(C(=O)c3nc4c(C(F)(F)F)cc(C5CC5)cn4c3Cl)CC2)c1O. The average molecular weight is 485 g/mol. The third-order valence-corrected chi connectivity index (χ3v) is 6.70. The minimum atomic E-state index is -4.64. The number of alkyl halides is 3. The van der Waals surface area contributed by atoms with E-state index < -0.39 is 29.1 Å². The van der Waals surface area contributed by atoms with Crippen LogP contribution in [0.15, 0.2) is 21.5 Å². The molecule has 3 aromatic rings. The van der Waals surface area contributed by atoms with Gasteiger partial charge in [0.25, 0.3) is 5.91 Å². The summed E-state index contributed by atoms with van der Waals surface area (Å²) in [7, 11) is 0. The van der Waals surface area contributed by atoms with Gasteiger partial charge in [0.05, 0.1) is 5.56 Å². The molecule has 2 fully saturated rings. The van der Waals surface area contributed by atoms with Gasteiger partial charge in [0.2, 0.25) is 5.88 Å². The molecule has 0 radical (unpaired) electrons. The summed E-state index contributed by atoms with van der Waals surface area (Å²) in [4.78, 5) is 30.5. The fourth-order valence-electron chi connectivity index (χ4n) is 4.40. The molecule has 8 nitrogen and oxygen atoms in total. The van der Waals surface area contributed by atoms with Gasteiger partial charge in [0.1, 0.15) is 5.15 Å². The topological polar surface area (TPSA) is 93.0 Å². The summed E-state index contributed by atoms with van der Waals surface area (Å²) >= 11 is 6.35. The normalized spacial score (nSPS) is 17.8. The number of fused-ring (bicyclic) bond motifs is 1. The maximum Gasteiger partial charge on any atom is 0.422 e. The number of oxazole rings is 1. The molecule has 0 bridgehead atoms. The van der Waals surface area contributed by atoms with Crippen LogP contribution >= 0.6 is 11.6 Å². The largest absolute Gasteiger partial charge is 0.492 e. The fourth-order valence-corrected chi connectivity index (χ4v) is 4.66. The van der Waals surface area contributed by atoms with Gasteiger partial charge >= 0.3 is 11.9 Å². The summed E-state index contributed by atoms with van der Waals surface area (Å²) < 4.78 is 48.3. The third kappa shape index (κ3) is 3.68. The number of rotatable bonds is 3. The minimum absolute atomic E-state index is 0.0542. The number of hydrogen-bond acceptors (Lipinski definition) is 5. The van der Waals surface area contributed by atoms with Gasteiger partial charge in [-0.05, 0) is 50.2 Å². The number of pyridine rings is 1. The van der Waals surface area contributed by atoms with E-state index in [2.05, 4.69) is 4.98 Å². The first kappa shape index (κ1) is 21.9. The van der Waals surface area contributed by atoms with E-state index in [4.69, 9.17) is 16.0 Å². The Morgan fingerprint density at radius 2 is 1.91 bits per heavy atom. The van der Waals surface area contributed by atoms with Crippen molar-refractivity contribution in [3.63, 3.8) is 0 Å². The predicted molar refractivity (Wildman–Crippen MR) is 111 cm³/mol. The lowest BCUT2D eigenvalue weighted by Gasteiger charge is -2.31. The molecule has 5 rings (SSSR count). The van der Waals surface area contributed by atoms with E-state index >= 15 is 0 Å². The molecular weight excluding hydrogens is 465 g/mol. The molecule has 176 valence electrons. The Labute approximate surface area is 190 Å². The predicted octanol–water partition coefficient (Wildman–Crippen LogP) is 4.13. The van der Waals surface area contributed by atoms with Crippen molar-refractivity contribution in [1.29, 1.82) is 0 Å². The van der Waals surface area contributed by atoms with Crippen molar-refractivity contribution in [1.82, 2.24) is 18.9 Å². The van der Waals surface area contributed by atoms with Crippen molar-refractivity contribution in [2.45, 2.75) is 50.7 Å².